The molecule has 1 aliphatic carbocycles. The predicted molar refractivity (Wildman–Crippen MR) is 82.3 cm³/mol. The van der Waals surface area contributed by atoms with Crippen LogP contribution in [0.3, 0.4) is 0 Å². The fraction of sp³-hybridized carbons (Fsp3) is 0.278. The van der Waals surface area contributed by atoms with Crippen molar-refractivity contribution in [3.8, 4) is 5.75 Å². The van der Waals surface area contributed by atoms with Gasteiger partial charge >= 0.3 is 0 Å². The van der Waals surface area contributed by atoms with Crippen LogP contribution in [0.25, 0.3) is 0 Å². The van der Waals surface area contributed by atoms with Crippen LogP contribution in [0.4, 0.5) is 4.39 Å². The molecular weight excluding hydrogens is 281 g/mol. The van der Waals surface area contributed by atoms with Crippen molar-refractivity contribution in [2.75, 3.05) is 7.11 Å². The third kappa shape index (κ3) is 3.27. The summed E-state index contributed by atoms with van der Waals surface area (Å²) in [6, 6.07) is 13.8. The number of halogens is 1. The lowest BCUT2D eigenvalue weighted by atomic mass is 10.1. The second-order valence-corrected chi connectivity index (χ2v) is 5.52. The largest absolute Gasteiger partial charge is 0.497 e. The lowest BCUT2D eigenvalue weighted by Gasteiger charge is -2.23. The van der Waals surface area contributed by atoms with Crippen molar-refractivity contribution >= 4 is 5.91 Å². The SMILES string of the molecule is COc1ccc(C(=O)N(Cc2cccc(F)c2)C2CC2)cc1. The predicted octanol–water partition coefficient (Wildman–Crippen LogP) is 3.64. The van der Waals surface area contributed by atoms with E-state index in [9.17, 15) is 9.18 Å². The van der Waals surface area contributed by atoms with Gasteiger partial charge in [0, 0.05) is 18.2 Å². The lowest BCUT2D eigenvalue weighted by molar-refractivity contribution is 0.0729. The Morgan fingerprint density at radius 1 is 1.23 bits per heavy atom. The van der Waals surface area contributed by atoms with Gasteiger partial charge in [0.25, 0.3) is 5.91 Å². The quantitative estimate of drug-likeness (QED) is 0.843. The number of methoxy groups -OCH3 is 1. The molecule has 2 aromatic rings. The van der Waals surface area contributed by atoms with E-state index in [1.165, 1.54) is 12.1 Å². The lowest BCUT2D eigenvalue weighted by Crippen LogP contribution is -2.32. The smallest absolute Gasteiger partial charge is 0.254 e. The molecule has 114 valence electrons. The molecule has 0 radical (unpaired) electrons. The van der Waals surface area contributed by atoms with Crippen molar-refractivity contribution in [2.24, 2.45) is 0 Å². The number of hydrogen-bond acceptors (Lipinski definition) is 2. The molecule has 0 atom stereocenters. The van der Waals surface area contributed by atoms with Crippen LogP contribution in [0, 0.1) is 5.82 Å². The number of carbonyl (C=O) groups excluding carboxylic acids is 1. The molecule has 0 spiro atoms. The van der Waals surface area contributed by atoms with Crippen LogP contribution in [0.1, 0.15) is 28.8 Å². The van der Waals surface area contributed by atoms with Gasteiger partial charge in [0.2, 0.25) is 0 Å². The summed E-state index contributed by atoms with van der Waals surface area (Å²) in [5.41, 5.74) is 1.44. The van der Waals surface area contributed by atoms with Crippen molar-refractivity contribution in [1.29, 1.82) is 0 Å². The highest BCUT2D eigenvalue weighted by atomic mass is 19.1. The number of ether oxygens (including phenoxy) is 1. The van der Waals surface area contributed by atoms with Gasteiger partial charge in [-0.25, -0.2) is 4.39 Å². The molecule has 1 saturated carbocycles. The maximum atomic E-state index is 13.3. The number of nitrogens with zero attached hydrogens (tertiary/aromatic N) is 1. The summed E-state index contributed by atoms with van der Waals surface area (Å²) in [7, 11) is 1.59. The van der Waals surface area contributed by atoms with Crippen LogP contribution in [0.15, 0.2) is 48.5 Å². The minimum absolute atomic E-state index is 0.0191. The van der Waals surface area contributed by atoms with Gasteiger partial charge in [-0.15, -0.1) is 0 Å². The van der Waals surface area contributed by atoms with E-state index in [1.54, 1.807) is 37.4 Å². The zero-order valence-corrected chi connectivity index (χ0v) is 12.5. The molecule has 22 heavy (non-hydrogen) atoms. The molecule has 3 rings (SSSR count). The first-order valence-corrected chi connectivity index (χ1v) is 7.37. The van der Waals surface area contributed by atoms with Crippen LogP contribution in [0.2, 0.25) is 0 Å². The Morgan fingerprint density at radius 3 is 2.55 bits per heavy atom. The third-order valence-electron chi connectivity index (χ3n) is 3.83. The van der Waals surface area contributed by atoms with E-state index >= 15 is 0 Å². The molecule has 0 heterocycles. The molecule has 2 aromatic carbocycles. The Balaban J connectivity index is 1.79. The molecule has 1 fully saturated rings. The number of carbonyl (C=O) groups is 1. The maximum absolute atomic E-state index is 13.3. The highest BCUT2D eigenvalue weighted by molar-refractivity contribution is 5.94. The van der Waals surface area contributed by atoms with Gasteiger partial charge in [-0.05, 0) is 54.8 Å². The van der Waals surface area contributed by atoms with Gasteiger partial charge in [-0.3, -0.25) is 4.79 Å². The van der Waals surface area contributed by atoms with E-state index in [0.717, 1.165) is 24.2 Å². The Bertz CT molecular complexity index is 665. The fourth-order valence-corrected chi connectivity index (χ4v) is 2.48. The average Bonchev–Trinajstić information content (AvgIpc) is 3.37. The standard InChI is InChI=1S/C18H18FNO2/c1-22-17-9-5-14(6-10-17)18(21)20(16-7-8-16)12-13-3-2-4-15(19)11-13/h2-6,9-11,16H,7-8,12H2,1H3. The van der Waals surface area contributed by atoms with Gasteiger partial charge in [-0.1, -0.05) is 12.1 Å². The number of hydrogen-bond donors (Lipinski definition) is 0. The van der Waals surface area contributed by atoms with Crippen molar-refractivity contribution in [1.82, 2.24) is 4.90 Å². The molecule has 1 aliphatic rings. The molecule has 0 aromatic heterocycles. The van der Waals surface area contributed by atoms with Gasteiger partial charge in [-0.2, -0.15) is 0 Å². The normalized spacial score (nSPS) is 13.7. The van der Waals surface area contributed by atoms with Gasteiger partial charge in [0.05, 0.1) is 7.11 Å². The van der Waals surface area contributed by atoms with Gasteiger partial charge in [0.1, 0.15) is 11.6 Å². The van der Waals surface area contributed by atoms with Crippen molar-refractivity contribution in [3.05, 3.63) is 65.5 Å². The van der Waals surface area contributed by atoms with Crippen LogP contribution >= 0.6 is 0 Å². The highest BCUT2D eigenvalue weighted by Gasteiger charge is 2.33. The van der Waals surface area contributed by atoms with Crippen LogP contribution in [-0.4, -0.2) is 24.0 Å². The van der Waals surface area contributed by atoms with E-state index in [1.807, 2.05) is 11.0 Å². The fourth-order valence-electron chi connectivity index (χ4n) is 2.48. The number of rotatable bonds is 5. The average molecular weight is 299 g/mol. The van der Waals surface area contributed by atoms with E-state index < -0.39 is 0 Å². The first-order chi connectivity index (χ1) is 10.7. The maximum Gasteiger partial charge on any atom is 0.254 e. The minimum atomic E-state index is -0.273. The number of amides is 1. The first kappa shape index (κ1) is 14.6. The van der Waals surface area contributed by atoms with E-state index in [2.05, 4.69) is 0 Å². The topological polar surface area (TPSA) is 29.5 Å². The van der Waals surface area contributed by atoms with Crippen molar-refractivity contribution < 1.29 is 13.9 Å². The molecule has 1 amide bonds. The minimum Gasteiger partial charge on any atom is -0.497 e. The van der Waals surface area contributed by atoms with Crippen LogP contribution in [-0.2, 0) is 6.54 Å². The molecule has 0 N–H and O–H groups in total. The summed E-state index contributed by atoms with van der Waals surface area (Å²) in [4.78, 5) is 14.5. The second-order valence-electron chi connectivity index (χ2n) is 5.52. The van der Waals surface area contributed by atoms with Gasteiger partial charge in [0.15, 0.2) is 0 Å². The highest BCUT2D eigenvalue weighted by Crippen LogP contribution is 2.30. The Hall–Kier alpha value is -2.36. The summed E-state index contributed by atoms with van der Waals surface area (Å²) in [6.45, 7) is 0.438. The Labute approximate surface area is 129 Å². The van der Waals surface area contributed by atoms with Crippen molar-refractivity contribution in [2.45, 2.75) is 25.4 Å². The molecule has 0 bridgehead atoms. The molecular formula is C18H18FNO2. The monoisotopic (exact) mass is 299 g/mol. The molecule has 0 saturated heterocycles. The van der Waals surface area contributed by atoms with E-state index in [4.69, 9.17) is 4.74 Å². The molecule has 4 heteroatoms. The Kier molecular flexibility index (Phi) is 4.09. The van der Waals surface area contributed by atoms with E-state index in [-0.39, 0.29) is 17.8 Å². The van der Waals surface area contributed by atoms with Crippen LogP contribution in [0.5, 0.6) is 5.75 Å². The summed E-state index contributed by atoms with van der Waals surface area (Å²) >= 11 is 0. The number of benzene rings is 2. The molecule has 0 unspecified atom stereocenters. The summed E-state index contributed by atoms with van der Waals surface area (Å²) in [5.74, 6) is 0.430. The van der Waals surface area contributed by atoms with E-state index in [0.29, 0.717) is 12.1 Å². The third-order valence-corrected chi connectivity index (χ3v) is 3.83. The van der Waals surface area contributed by atoms with Crippen molar-refractivity contribution in [3.63, 3.8) is 0 Å². The summed E-state index contributed by atoms with van der Waals surface area (Å²) in [5, 5.41) is 0. The second kappa shape index (κ2) is 6.18. The zero-order valence-electron chi connectivity index (χ0n) is 12.5. The summed E-state index contributed by atoms with van der Waals surface area (Å²) < 4.78 is 18.4. The Morgan fingerprint density at radius 2 is 1.95 bits per heavy atom. The molecule has 3 nitrogen and oxygen atoms in total. The first-order valence-electron chi connectivity index (χ1n) is 7.37. The summed E-state index contributed by atoms with van der Waals surface area (Å²) in [6.07, 6.45) is 2.02. The van der Waals surface area contributed by atoms with Crippen LogP contribution < -0.4 is 4.74 Å². The van der Waals surface area contributed by atoms with Gasteiger partial charge < -0.3 is 9.64 Å². The molecule has 0 aliphatic heterocycles. The zero-order chi connectivity index (χ0) is 15.5.